The first-order valence-electron chi connectivity index (χ1n) is 7.20. The van der Waals surface area contributed by atoms with Crippen molar-refractivity contribution < 1.29 is 4.42 Å². The number of hydrogen-bond acceptors (Lipinski definition) is 3. The van der Waals surface area contributed by atoms with Crippen LogP contribution in [0.3, 0.4) is 0 Å². The van der Waals surface area contributed by atoms with Gasteiger partial charge in [-0.2, -0.15) is 0 Å². The molecular weight excluding hydrogens is 224 g/mol. The van der Waals surface area contributed by atoms with Crippen LogP contribution in [0.2, 0.25) is 0 Å². The Hall–Kier alpha value is -0.800. The second-order valence-electron chi connectivity index (χ2n) is 5.97. The van der Waals surface area contributed by atoms with Crippen molar-refractivity contribution in [1.29, 1.82) is 0 Å². The zero-order valence-electron chi connectivity index (χ0n) is 11.7. The van der Waals surface area contributed by atoms with Crippen LogP contribution >= 0.6 is 0 Å². The maximum absolute atomic E-state index is 5.68. The molecule has 2 aliphatic heterocycles. The molecule has 0 aliphatic carbocycles. The Balaban J connectivity index is 1.76. The summed E-state index contributed by atoms with van der Waals surface area (Å²) in [5.41, 5.74) is 1.37. The lowest BCUT2D eigenvalue weighted by Crippen LogP contribution is -2.36. The lowest BCUT2D eigenvalue weighted by Gasteiger charge is -2.30. The van der Waals surface area contributed by atoms with Crippen molar-refractivity contribution in [2.45, 2.75) is 58.2 Å². The molecule has 2 saturated heterocycles. The molecule has 3 nitrogen and oxygen atoms in total. The minimum absolute atomic E-state index is 0.476. The second-order valence-corrected chi connectivity index (χ2v) is 5.97. The molecule has 0 spiro atoms. The SMILES string of the molecule is Cc1cc(C(C)N2CCC3CCC(C2)N3)c(C)o1. The van der Waals surface area contributed by atoms with E-state index in [0.29, 0.717) is 12.1 Å². The van der Waals surface area contributed by atoms with Crippen LogP contribution < -0.4 is 5.32 Å². The highest BCUT2D eigenvalue weighted by Gasteiger charge is 2.31. The van der Waals surface area contributed by atoms with Crippen LogP contribution in [-0.2, 0) is 0 Å². The minimum Gasteiger partial charge on any atom is -0.466 e. The van der Waals surface area contributed by atoms with Crippen molar-refractivity contribution in [1.82, 2.24) is 10.2 Å². The van der Waals surface area contributed by atoms with E-state index >= 15 is 0 Å². The van der Waals surface area contributed by atoms with Gasteiger partial charge < -0.3 is 9.73 Å². The van der Waals surface area contributed by atoms with E-state index < -0.39 is 0 Å². The standard InChI is InChI=1S/C15H24N2O/c1-10-8-15(12(3)18-10)11(2)17-7-6-13-4-5-14(9-17)16-13/h8,11,13-14,16H,4-7,9H2,1-3H3. The van der Waals surface area contributed by atoms with E-state index in [2.05, 4.69) is 30.1 Å². The number of fused-ring (bicyclic) bond motifs is 2. The molecule has 3 unspecified atom stereocenters. The van der Waals surface area contributed by atoms with E-state index in [4.69, 9.17) is 4.42 Å². The van der Waals surface area contributed by atoms with Crippen LogP contribution in [0.15, 0.2) is 10.5 Å². The quantitative estimate of drug-likeness (QED) is 0.872. The summed E-state index contributed by atoms with van der Waals surface area (Å²) in [7, 11) is 0. The van der Waals surface area contributed by atoms with Gasteiger partial charge in [0.05, 0.1) is 0 Å². The Bertz CT molecular complexity index is 426. The van der Waals surface area contributed by atoms with Gasteiger partial charge in [-0.05, 0) is 46.1 Å². The maximum Gasteiger partial charge on any atom is 0.105 e. The van der Waals surface area contributed by atoms with Crippen LogP contribution in [-0.4, -0.2) is 30.1 Å². The Kier molecular flexibility index (Phi) is 3.20. The van der Waals surface area contributed by atoms with Gasteiger partial charge in [0.15, 0.2) is 0 Å². The van der Waals surface area contributed by atoms with E-state index in [-0.39, 0.29) is 0 Å². The topological polar surface area (TPSA) is 28.4 Å². The van der Waals surface area contributed by atoms with Crippen LogP contribution in [0.1, 0.15) is 49.3 Å². The molecule has 100 valence electrons. The van der Waals surface area contributed by atoms with Gasteiger partial charge >= 0.3 is 0 Å². The molecule has 3 heterocycles. The molecule has 2 fully saturated rings. The van der Waals surface area contributed by atoms with Gasteiger partial charge in [0, 0.05) is 36.8 Å². The van der Waals surface area contributed by atoms with Crippen molar-refractivity contribution in [3.05, 3.63) is 23.2 Å². The first-order valence-corrected chi connectivity index (χ1v) is 7.20. The highest BCUT2D eigenvalue weighted by Crippen LogP contribution is 2.30. The summed E-state index contributed by atoms with van der Waals surface area (Å²) in [6.07, 6.45) is 4.00. The molecular formula is C15H24N2O. The van der Waals surface area contributed by atoms with Crippen molar-refractivity contribution >= 4 is 0 Å². The molecule has 0 radical (unpaired) electrons. The lowest BCUT2D eigenvalue weighted by molar-refractivity contribution is 0.198. The van der Waals surface area contributed by atoms with Crippen molar-refractivity contribution in [3.63, 3.8) is 0 Å². The smallest absolute Gasteiger partial charge is 0.105 e. The van der Waals surface area contributed by atoms with Crippen LogP contribution in [0, 0.1) is 13.8 Å². The van der Waals surface area contributed by atoms with E-state index in [1.807, 2.05) is 6.92 Å². The maximum atomic E-state index is 5.68. The molecule has 3 atom stereocenters. The molecule has 2 aliphatic rings. The van der Waals surface area contributed by atoms with Gasteiger partial charge in [0.2, 0.25) is 0 Å². The van der Waals surface area contributed by atoms with Crippen LogP contribution in [0.25, 0.3) is 0 Å². The highest BCUT2D eigenvalue weighted by molar-refractivity contribution is 5.23. The van der Waals surface area contributed by atoms with Gasteiger partial charge in [-0.1, -0.05) is 0 Å². The molecule has 3 rings (SSSR count). The number of rotatable bonds is 2. The summed E-state index contributed by atoms with van der Waals surface area (Å²) in [4.78, 5) is 2.62. The first-order chi connectivity index (χ1) is 8.63. The van der Waals surface area contributed by atoms with Gasteiger partial charge in [0.1, 0.15) is 11.5 Å². The summed E-state index contributed by atoms with van der Waals surface area (Å²) in [5.74, 6) is 2.12. The van der Waals surface area contributed by atoms with Crippen molar-refractivity contribution in [2.24, 2.45) is 0 Å². The third-order valence-corrected chi connectivity index (χ3v) is 4.63. The monoisotopic (exact) mass is 248 g/mol. The van der Waals surface area contributed by atoms with Gasteiger partial charge in [0.25, 0.3) is 0 Å². The van der Waals surface area contributed by atoms with Gasteiger partial charge in [-0.3, -0.25) is 4.90 Å². The number of likely N-dealkylation sites (tertiary alicyclic amines) is 1. The van der Waals surface area contributed by atoms with Gasteiger partial charge in [-0.15, -0.1) is 0 Å². The molecule has 0 saturated carbocycles. The summed E-state index contributed by atoms with van der Waals surface area (Å²) in [6.45, 7) is 8.83. The number of nitrogens with one attached hydrogen (secondary N) is 1. The molecule has 3 heteroatoms. The predicted molar refractivity (Wildman–Crippen MR) is 72.7 cm³/mol. The average molecular weight is 248 g/mol. The fourth-order valence-corrected chi connectivity index (χ4v) is 3.58. The molecule has 2 bridgehead atoms. The Morgan fingerprint density at radius 1 is 1.28 bits per heavy atom. The highest BCUT2D eigenvalue weighted by atomic mass is 16.3. The van der Waals surface area contributed by atoms with E-state index in [0.717, 1.165) is 17.6 Å². The number of hydrogen-bond donors (Lipinski definition) is 1. The number of nitrogens with zero attached hydrogens (tertiary/aromatic N) is 1. The summed E-state index contributed by atoms with van der Waals surface area (Å²) < 4.78 is 5.68. The fraction of sp³-hybridized carbons (Fsp3) is 0.733. The fourth-order valence-electron chi connectivity index (χ4n) is 3.58. The third kappa shape index (κ3) is 2.21. The number of aryl methyl sites for hydroxylation is 2. The zero-order chi connectivity index (χ0) is 12.7. The molecule has 0 amide bonds. The van der Waals surface area contributed by atoms with E-state index in [1.54, 1.807) is 0 Å². The summed E-state index contributed by atoms with van der Waals surface area (Å²) >= 11 is 0. The Labute approximate surface area is 110 Å². The van der Waals surface area contributed by atoms with Crippen molar-refractivity contribution in [2.75, 3.05) is 13.1 Å². The summed E-state index contributed by atoms with van der Waals surface area (Å²) in [5, 5.41) is 3.74. The molecule has 1 aromatic heterocycles. The molecule has 1 aromatic rings. The zero-order valence-corrected chi connectivity index (χ0v) is 11.7. The largest absolute Gasteiger partial charge is 0.466 e. The normalized spacial score (nSPS) is 30.4. The molecule has 0 aromatic carbocycles. The lowest BCUT2D eigenvalue weighted by atomic mass is 10.0. The van der Waals surface area contributed by atoms with E-state index in [1.165, 1.54) is 37.9 Å². The third-order valence-electron chi connectivity index (χ3n) is 4.63. The average Bonchev–Trinajstić information content (AvgIpc) is 2.81. The Morgan fingerprint density at radius 3 is 2.78 bits per heavy atom. The van der Waals surface area contributed by atoms with Crippen molar-refractivity contribution in [3.8, 4) is 0 Å². The predicted octanol–water partition coefficient (Wildman–Crippen LogP) is 2.78. The first kappa shape index (κ1) is 12.2. The molecule has 1 N–H and O–H groups in total. The van der Waals surface area contributed by atoms with Crippen LogP contribution in [0.5, 0.6) is 0 Å². The minimum atomic E-state index is 0.476. The Morgan fingerprint density at radius 2 is 2.06 bits per heavy atom. The molecule has 18 heavy (non-hydrogen) atoms. The second kappa shape index (κ2) is 4.71. The number of furan rings is 1. The summed E-state index contributed by atoms with van der Waals surface area (Å²) in [6, 6.07) is 4.15. The van der Waals surface area contributed by atoms with Crippen LogP contribution in [0.4, 0.5) is 0 Å². The van der Waals surface area contributed by atoms with E-state index in [9.17, 15) is 0 Å². The van der Waals surface area contributed by atoms with Gasteiger partial charge in [-0.25, -0.2) is 0 Å².